The number of hydrogen-bond donors (Lipinski definition) is 1. The minimum Gasteiger partial charge on any atom is -0.458 e. The zero-order valence-electron chi connectivity index (χ0n) is 13.1. The molecule has 4 nitrogen and oxygen atoms in total. The molecule has 118 valence electrons. The molecule has 1 atom stereocenters. The molecule has 1 aromatic rings. The topological polar surface area (TPSA) is 55.4 Å². The molecule has 1 unspecified atom stereocenters. The first-order valence-electron chi connectivity index (χ1n) is 8.15. The fourth-order valence-electron chi connectivity index (χ4n) is 3.74. The Kier molecular flexibility index (Phi) is 4.19. The fourth-order valence-corrected chi connectivity index (χ4v) is 3.74. The minimum absolute atomic E-state index is 0.0454. The summed E-state index contributed by atoms with van der Waals surface area (Å²) in [5.74, 6) is -0.599. The van der Waals surface area contributed by atoms with Gasteiger partial charge in [0.1, 0.15) is 5.60 Å². The summed E-state index contributed by atoms with van der Waals surface area (Å²) in [5, 5.41) is 3.00. The van der Waals surface area contributed by atoms with Crippen LogP contribution in [0.5, 0.6) is 0 Å². The summed E-state index contributed by atoms with van der Waals surface area (Å²) in [7, 11) is 0. The van der Waals surface area contributed by atoms with E-state index in [9.17, 15) is 9.59 Å². The Morgan fingerprint density at radius 2 is 2.00 bits per heavy atom. The second-order valence-electron chi connectivity index (χ2n) is 6.50. The van der Waals surface area contributed by atoms with Gasteiger partial charge in [0.15, 0.2) is 0 Å². The molecule has 1 N–H and O–H groups in total. The Labute approximate surface area is 131 Å². The lowest BCUT2D eigenvalue weighted by Crippen LogP contribution is -2.45. The maximum atomic E-state index is 12.6. The van der Waals surface area contributed by atoms with Crippen molar-refractivity contribution in [3.05, 3.63) is 35.4 Å². The van der Waals surface area contributed by atoms with E-state index < -0.39 is 5.60 Å². The van der Waals surface area contributed by atoms with Gasteiger partial charge < -0.3 is 10.1 Å². The van der Waals surface area contributed by atoms with Crippen molar-refractivity contribution in [2.24, 2.45) is 5.92 Å². The van der Waals surface area contributed by atoms with Crippen molar-refractivity contribution < 1.29 is 14.3 Å². The van der Waals surface area contributed by atoms with Crippen LogP contribution in [0.2, 0.25) is 0 Å². The highest BCUT2D eigenvalue weighted by molar-refractivity contribution is 5.87. The first-order chi connectivity index (χ1) is 10.6. The molecule has 0 bridgehead atoms. The van der Waals surface area contributed by atoms with Gasteiger partial charge in [0.05, 0.1) is 12.3 Å². The number of rotatable bonds is 3. The third-order valence-electron chi connectivity index (χ3n) is 5.05. The molecule has 1 spiro atoms. The van der Waals surface area contributed by atoms with Crippen LogP contribution in [0.25, 0.3) is 0 Å². The number of esters is 1. The summed E-state index contributed by atoms with van der Waals surface area (Å²) in [4.78, 5) is 24.4. The predicted octanol–water partition coefficient (Wildman–Crippen LogP) is 2.88. The molecule has 22 heavy (non-hydrogen) atoms. The van der Waals surface area contributed by atoms with Gasteiger partial charge in [-0.25, -0.2) is 0 Å². The van der Waals surface area contributed by atoms with Crippen molar-refractivity contribution in [3.63, 3.8) is 0 Å². The maximum absolute atomic E-state index is 12.6. The molecule has 3 rings (SSSR count). The van der Waals surface area contributed by atoms with Gasteiger partial charge in [0.25, 0.3) is 0 Å². The summed E-state index contributed by atoms with van der Waals surface area (Å²) < 4.78 is 5.60. The second-order valence-corrected chi connectivity index (χ2v) is 6.50. The molecule has 1 aliphatic carbocycles. The van der Waals surface area contributed by atoms with E-state index in [1.807, 2.05) is 31.2 Å². The number of amides is 1. The van der Waals surface area contributed by atoms with Gasteiger partial charge >= 0.3 is 5.97 Å². The molecule has 0 radical (unpaired) electrons. The largest absolute Gasteiger partial charge is 0.458 e. The average Bonchev–Trinajstić information content (AvgIpc) is 2.83. The molecule has 2 fully saturated rings. The monoisotopic (exact) mass is 301 g/mol. The summed E-state index contributed by atoms with van der Waals surface area (Å²) in [6, 6.07) is 8.01. The number of hydrogen-bond acceptors (Lipinski definition) is 3. The number of ether oxygens (including phenoxy) is 1. The lowest BCUT2D eigenvalue weighted by atomic mass is 9.75. The van der Waals surface area contributed by atoms with E-state index in [-0.39, 0.29) is 24.2 Å². The van der Waals surface area contributed by atoms with E-state index in [2.05, 4.69) is 5.32 Å². The van der Waals surface area contributed by atoms with Crippen LogP contribution in [-0.4, -0.2) is 17.5 Å². The normalized spacial score (nSPS) is 23.3. The third kappa shape index (κ3) is 2.87. The zero-order chi connectivity index (χ0) is 15.6. The number of carbonyl (C=O) groups excluding carboxylic acids is 2. The first kappa shape index (κ1) is 15.1. The quantitative estimate of drug-likeness (QED) is 0.873. The van der Waals surface area contributed by atoms with Gasteiger partial charge in [0.2, 0.25) is 5.91 Å². The highest BCUT2D eigenvalue weighted by Gasteiger charge is 2.52. The van der Waals surface area contributed by atoms with Gasteiger partial charge in [-0.1, -0.05) is 30.7 Å². The number of benzene rings is 1. The molecule has 4 heteroatoms. The van der Waals surface area contributed by atoms with Gasteiger partial charge in [0, 0.05) is 6.54 Å². The van der Waals surface area contributed by atoms with Crippen molar-refractivity contribution in [1.82, 2.24) is 5.32 Å². The molecule has 1 amide bonds. The molecule has 1 saturated carbocycles. The van der Waals surface area contributed by atoms with E-state index in [0.29, 0.717) is 6.54 Å². The number of aryl methyl sites for hydroxylation is 1. The van der Waals surface area contributed by atoms with E-state index in [1.165, 1.54) is 0 Å². The van der Waals surface area contributed by atoms with Crippen LogP contribution in [0.15, 0.2) is 24.3 Å². The van der Waals surface area contributed by atoms with Crippen molar-refractivity contribution in [1.29, 1.82) is 0 Å². The zero-order valence-corrected chi connectivity index (χ0v) is 13.1. The van der Waals surface area contributed by atoms with Gasteiger partial charge in [-0.2, -0.15) is 0 Å². The van der Waals surface area contributed by atoms with Crippen LogP contribution in [0.3, 0.4) is 0 Å². The van der Waals surface area contributed by atoms with Crippen molar-refractivity contribution in [2.45, 2.75) is 57.6 Å². The summed E-state index contributed by atoms with van der Waals surface area (Å²) >= 11 is 0. The SMILES string of the molecule is Cc1ccccc1CNC(=O)C1CC(=O)OC12CCCCC2. The Morgan fingerprint density at radius 3 is 2.73 bits per heavy atom. The molecule has 1 heterocycles. The average molecular weight is 301 g/mol. The summed E-state index contributed by atoms with van der Waals surface area (Å²) in [6.07, 6.45) is 5.10. The van der Waals surface area contributed by atoms with Crippen LogP contribution in [-0.2, 0) is 20.9 Å². The van der Waals surface area contributed by atoms with Gasteiger partial charge in [-0.3, -0.25) is 9.59 Å². The molecular weight excluding hydrogens is 278 g/mol. The van der Waals surface area contributed by atoms with Gasteiger partial charge in [-0.15, -0.1) is 0 Å². The van der Waals surface area contributed by atoms with E-state index >= 15 is 0 Å². The highest BCUT2D eigenvalue weighted by atomic mass is 16.6. The summed E-state index contributed by atoms with van der Waals surface area (Å²) in [5.41, 5.74) is 1.73. The highest BCUT2D eigenvalue weighted by Crippen LogP contribution is 2.44. The lowest BCUT2D eigenvalue weighted by Gasteiger charge is -2.36. The first-order valence-corrected chi connectivity index (χ1v) is 8.15. The Hall–Kier alpha value is -1.84. The number of nitrogens with one attached hydrogen (secondary N) is 1. The van der Waals surface area contributed by atoms with Crippen LogP contribution in [0, 0.1) is 12.8 Å². The van der Waals surface area contributed by atoms with Crippen LogP contribution in [0.1, 0.15) is 49.7 Å². The molecule has 1 aromatic carbocycles. The maximum Gasteiger partial charge on any atom is 0.307 e. The van der Waals surface area contributed by atoms with Crippen LogP contribution >= 0.6 is 0 Å². The van der Waals surface area contributed by atoms with Crippen molar-refractivity contribution >= 4 is 11.9 Å². The van der Waals surface area contributed by atoms with Crippen LogP contribution < -0.4 is 5.32 Å². The molecule has 1 aliphatic heterocycles. The molecular formula is C18H23NO3. The fraction of sp³-hybridized carbons (Fsp3) is 0.556. The predicted molar refractivity (Wildman–Crippen MR) is 83.0 cm³/mol. The standard InChI is InChI=1S/C18H23NO3/c1-13-7-3-4-8-14(13)12-19-17(21)15-11-16(20)22-18(15)9-5-2-6-10-18/h3-4,7-8,15H,2,5-6,9-12H2,1H3,(H,19,21). The van der Waals surface area contributed by atoms with Gasteiger partial charge in [-0.05, 0) is 43.7 Å². The lowest BCUT2D eigenvalue weighted by molar-refractivity contribution is -0.153. The molecule has 0 aromatic heterocycles. The van der Waals surface area contributed by atoms with Crippen molar-refractivity contribution in [3.8, 4) is 0 Å². The smallest absolute Gasteiger partial charge is 0.307 e. The van der Waals surface area contributed by atoms with Crippen molar-refractivity contribution in [2.75, 3.05) is 0 Å². The van der Waals surface area contributed by atoms with E-state index in [1.54, 1.807) is 0 Å². The Bertz CT molecular complexity index is 575. The van der Waals surface area contributed by atoms with E-state index in [4.69, 9.17) is 4.74 Å². The Morgan fingerprint density at radius 1 is 1.27 bits per heavy atom. The minimum atomic E-state index is -0.537. The molecule has 2 aliphatic rings. The Balaban J connectivity index is 1.68. The second kappa shape index (κ2) is 6.11. The number of carbonyl (C=O) groups is 2. The third-order valence-corrected chi connectivity index (χ3v) is 5.05. The van der Waals surface area contributed by atoms with Crippen LogP contribution in [0.4, 0.5) is 0 Å². The van der Waals surface area contributed by atoms with E-state index in [0.717, 1.165) is 43.2 Å². The summed E-state index contributed by atoms with van der Waals surface area (Å²) in [6.45, 7) is 2.54. The molecule has 1 saturated heterocycles.